The van der Waals surface area contributed by atoms with E-state index < -0.39 is 0 Å². The largest absolute Gasteiger partial charge is 0.497 e. The van der Waals surface area contributed by atoms with Gasteiger partial charge < -0.3 is 4.74 Å². The molecule has 5 heteroatoms. The number of nitrogens with one attached hydrogen (secondary N) is 1. The number of carbonyl (C=O) groups is 1. The molecule has 1 N–H and O–H groups in total. The molecule has 21 heavy (non-hydrogen) atoms. The zero-order valence-electron chi connectivity index (χ0n) is 11.8. The van der Waals surface area contributed by atoms with E-state index in [-0.39, 0.29) is 5.91 Å². The SMILES string of the molecule is COc1ccc(/C(C)=N/NC(=O)c2ccccc2I)cc1. The average Bonchev–Trinajstić information content (AvgIpc) is 2.52. The predicted molar refractivity (Wildman–Crippen MR) is 91.8 cm³/mol. The van der Waals surface area contributed by atoms with Gasteiger partial charge in [0.05, 0.1) is 18.4 Å². The highest BCUT2D eigenvalue weighted by Gasteiger charge is 2.08. The van der Waals surface area contributed by atoms with Crippen molar-refractivity contribution in [3.05, 3.63) is 63.2 Å². The third-order valence-electron chi connectivity index (χ3n) is 2.95. The summed E-state index contributed by atoms with van der Waals surface area (Å²) in [6, 6.07) is 14.9. The molecular weight excluding hydrogens is 379 g/mol. The summed E-state index contributed by atoms with van der Waals surface area (Å²) in [5.74, 6) is 0.572. The second kappa shape index (κ2) is 7.21. The van der Waals surface area contributed by atoms with Crippen LogP contribution in [0, 0.1) is 3.57 Å². The van der Waals surface area contributed by atoms with Crippen LogP contribution in [0.4, 0.5) is 0 Å². The van der Waals surface area contributed by atoms with Crippen molar-refractivity contribution in [3.8, 4) is 5.75 Å². The second-order valence-electron chi connectivity index (χ2n) is 4.35. The molecule has 0 fully saturated rings. The number of hydrogen-bond donors (Lipinski definition) is 1. The van der Waals surface area contributed by atoms with Gasteiger partial charge in [0.15, 0.2) is 0 Å². The predicted octanol–water partition coefficient (Wildman–Crippen LogP) is 3.45. The second-order valence-corrected chi connectivity index (χ2v) is 5.51. The van der Waals surface area contributed by atoms with E-state index in [0.717, 1.165) is 20.6 Å². The molecule has 2 rings (SSSR count). The molecule has 0 heterocycles. The molecule has 1 amide bonds. The van der Waals surface area contributed by atoms with Gasteiger partial charge >= 0.3 is 0 Å². The van der Waals surface area contributed by atoms with E-state index in [1.165, 1.54) is 0 Å². The zero-order valence-corrected chi connectivity index (χ0v) is 13.9. The fourth-order valence-electron chi connectivity index (χ4n) is 1.74. The first kappa shape index (κ1) is 15.5. The van der Waals surface area contributed by atoms with Crippen LogP contribution < -0.4 is 10.2 Å². The molecule has 2 aromatic carbocycles. The molecule has 0 bridgehead atoms. The number of hydrogen-bond acceptors (Lipinski definition) is 3. The van der Waals surface area contributed by atoms with Crippen molar-refractivity contribution in [1.29, 1.82) is 0 Å². The molecule has 0 atom stereocenters. The quantitative estimate of drug-likeness (QED) is 0.491. The Bertz CT molecular complexity index is 666. The number of rotatable bonds is 4. The lowest BCUT2D eigenvalue weighted by Gasteiger charge is -2.05. The van der Waals surface area contributed by atoms with Crippen molar-refractivity contribution in [3.63, 3.8) is 0 Å². The number of hydrazone groups is 1. The number of methoxy groups -OCH3 is 1. The highest BCUT2D eigenvalue weighted by atomic mass is 127. The number of ether oxygens (including phenoxy) is 1. The van der Waals surface area contributed by atoms with Gasteiger partial charge in [-0.25, -0.2) is 5.43 Å². The van der Waals surface area contributed by atoms with Crippen LogP contribution in [0.3, 0.4) is 0 Å². The first-order valence-corrected chi connectivity index (χ1v) is 7.43. The molecule has 0 aliphatic heterocycles. The maximum absolute atomic E-state index is 12.1. The Labute approximate surface area is 137 Å². The van der Waals surface area contributed by atoms with E-state index in [1.54, 1.807) is 13.2 Å². The third kappa shape index (κ3) is 4.04. The van der Waals surface area contributed by atoms with Crippen LogP contribution in [-0.2, 0) is 0 Å². The van der Waals surface area contributed by atoms with Crippen LogP contribution in [0.2, 0.25) is 0 Å². The summed E-state index contributed by atoms with van der Waals surface area (Å²) < 4.78 is 6.00. The van der Waals surface area contributed by atoms with Crippen molar-refractivity contribution >= 4 is 34.2 Å². The first-order chi connectivity index (χ1) is 10.1. The lowest BCUT2D eigenvalue weighted by Crippen LogP contribution is -2.20. The Kier molecular flexibility index (Phi) is 5.32. The maximum atomic E-state index is 12.1. The summed E-state index contributed by atoms with van der Waals surface area (Å²) in [6.45, 7) is 1.85. The van der Waals surface area contributed by atoms with Crippen molar-refractivity contribution < 1.29 is 9.53 Å². The number of halogens is 1. The maximum Gasteiger partial charge on any atom is 0.272 e. The number of carbonyl (C=O) groups excluding carboxylic acids is 1. The molecule has 0 aromatic heterocycles. The van der Waals surface area contributed by atoms with E-state index in [9.17, 15) is 4.79 Å². The van der Waals surface area contributed by atoms with Crippen LogP contribution in [0.15, 0.2) is 53.6 Å². The molecule has 108 valence electrons. The van der Waals surface area contributed by atoms with E-state index in [1.807, 2.05) is 49.4 Å². The topological polar surface area (TPSA) is 50.7 Å². The molecule has 0 saturated heterocycles. The molecule has 0 spiro atoms. The summed E-state index contributed by atoms with van der Waals surface area (Å²) in [5.41, 5.74) is 4.86. The summed E-state index contributed by atoms with van der Waals surface area (Å²) in [4.78, 5) is 12.1. The Morgan fingerprint density at radius 3 is 2.43 bits per heavy atom. The van der Waals surface area contributed by atoms with Crippen LogP contribution in [0.1, 0.15) is 22.8 Å². The highest BCUT2D eigenvalue weighted by molar-refractivity contribution is 14.1. The minimum Gasteiger partial charge on any atom is -0.497 e. The normalized spacial score (nSPS) is 11.1. The number of amides is 1. The van der Waals surface area contributed by atoms with Gasteiger partial charge in [-0.3, -0.25) is 4.79 Å². The van der Waals surface area contributed by atoms with Gasteiger partial charge in [0.2, 0.25) is 0 Å². The lowest BCUT2D eigenvalue weighted by atomic mass is 10.1. The monoisotopic (exact) mass is 394 g/mol. The van der Waals surface area contributed by atoms with Crippen LogP contribution in [-0.4, -0.2) is 18.7 Å². The molecule has 0 radical (unpaired) electrons. The zero-order chi connectivity index (χ0) is 15.2. The summed E-state index contributed by atoms with van der Waals surface area (Å²) in [5, 5.41) is 4.14. The van der Waals surface area contributed by atoms with Gasteiger partial charge in [0.1, 0.15) is 5.75 Å². The Hall–Kier alpha value is -1.89. The van der Waals surface area contributed by atoms with E-state index in [4.69, 9.17) is 4.74 Å². The first-order valence-electron chi connectivity index (χ1n) is 6.35. The third-order valence-corrected chi connectivity index (χ3v) is 3.89. The lowest BCUT2D eigenvalue weighted by molar-refractivity contribution is 0.0954. The van der Waals surface area contributed by atoms with Crippen molar-refractivity contribution in [2.75, 3.05) is 7.11 Å². The van der Waals surface area contributed by atoms with Crippen LogP contribution >= 0.6 is 22.6 Å². The van der Waals surface area contributed by atoms with E-state index >= 15 is 0 Å². The molecular formula is C16H15IN2O2. The minimum atomic E-state index is -0.215. The summed E-state index contributed by atoms with van der Waals surface area (Å²) in [6.07, 6.45) is 0. The summed E-state index contributed by atoms with van der Waals surface area (Å²) in [7, 11) is 1.62. The van der Waals surface area contributed by atoms with Crippen molar-refractivity contribution in [2.24, 2.45) is 5.10 Å². The summed E-state index contributed by atoms with van der Waals surface area (Å²) >= 11 is 2.13. The average molecular weight is 394 g/mol. The van der Waals surface area contributed by atoms with E-state index in [0.29, 0.717) is 5.56 Å². The Morgan fingerprint density at radius 1 is 1.14 bits per heavy atom. The van der Waals surface area contributed by atoms with Crippen molar-refractivity contribution in [1.82, 2.24) is 5.43 Å². The minimum absolute atomic E-state index is 0.215. The van der Waals surface area contributed by atoms with Gasteiger partial charge in [0.25, 0.3) is 5.91 Å². The number of nitrogens with zero attached hydrogens (tertiary/aromatic N) is 1. The van der Waals surface area contributed by atoms with Gasteiger partial charge in [0, 0.05) is 3.57 Å². The van der Waals surface area contributed by atoms with Crippen LogP contribution in [0.5, 0.6) is 5.75 Å². The standard InChI is InChI=1S/C16H15IN2O2/c1-11(12-7-9-13(21-2)10-8-12)18-19-16(20)14-5-3-4-6-15(14)17/h3-10H,1-2H3,(H,19,20)/b18-11+. The molecule has 0 saturated carbocycles. The molecule has 2 aromatic rings. The fourth-order valence-corrected chi connectivity index (χ4v) is 2.37. The van der Waals surface area contributed by atoms with Crippen LogP contribution in [0.25, 0.3) is 0 Å². The molecule has 0 aliphatic carbocycles. The molecule has 4 nitrogen and oxygen atoms in total. The smallest absolute Gasteiger partial charge is 0.272 e. The van der Waals surface area contributed by atoms with Gasteiger partial charge in [-0.2, -0.15) is 5.10 Å². The Balaban J connectivity index is 2.09. The Morgan fingerprint density at radius 2 is 1.81 bits per heavy atom. The van der Waals surface area contributed by atoms with E-state index in [2.05, 4.69) is 33.1 Å². The fraction of sp³-hybridized carbons (Fsp3) is 0.125. The molecule has 0 aliphatic rings. The molecule has 0 unspecified atom stereocenters. The van der Waals surface area contributed by atoms with Gasteiger partial charge in [-0.15, -0.1) is 0 Å². The number of benzene rings is 2. The van der Waals surface area contributed by atoms with Gasteiger partial charge in [-0.05, 0) is 71.5 Å². The highest BCUT2D eigenvalue weighted by Crippen LogP contribution is 2.13. The van der Waals surface area contributed by atoms with Crippen molar-refractivity contribution in [2.45, 2.75) is 6.92 Å². The van der Waals surface area contributed by atoms with Gasteiger partial charge in [-0.1, -0.05) is 12.1 Å².